The largest absolute Gasteiger partial charge is 0.313 e. The summed E-state index contributed by atoms with van der Waals surface area (Å²) < 4.78 is 0. The van der Waals surface area contributed by atoms with Gasteiger partial charge in [-0.25, -0.2) is 0 Å². The molecule has 17 heavy (non-hydrogen) atoms. The van der Waals surface area contributed by atoms with Gasteiger partial charge in [-0.15, -0.1) is 0 Å². The molecule has 1 aliphatic heterocycles. The zero-order chi connectivity index (χ0) is 12.6. The van der Waals surface area contributed by atoms with Gasteiger partial charge in [-0.1, -0.05) is 13.8 Å². The maximum atomic E-state index is 12.2. The van der Waals surface area contributed by atoms with Gasteiger partial charge in [0.2, 0.25) is 11.8 Å². The number of carbonyl (C=O) groups is 2. The van der Waals surface area contributed by atoms with Crippen LogP contribution in [0.3, 0.4) is 0 Å². The number of imide groups is 1. The molecule has 2 fully saturated rings. The number of hydrogen-bond donors (Lipinski definition) is 1. The second-order valence-corrected chi connectivity index (χ2v) is 5.54. The fourth-order valence-corrected chi connectivity index (χ4v) is 3.21. The lowest BCUT2D eigenvalue weighted by Crippen LogP contribution is -2.42. The Morgan fingerprint density at radius 2 is 1.82 bits per heavy atom. The standard InChI is InChI=1S/C13H22N2O2/c1-4-14-9(3)7-15-12(16)10-5-8(2)6-11(10)13(15)17/h8-11,14H,4-7H2,1-3H3. The molecule has 96 valence electrons. The van der Waals surface area contributed by atoms with Crippen molar-refractivity contribution in [2.24, 2.45) is 17.8 Å². The van der Waals surface area contributed by atoms with E-state index in [4.69, 9.17) is 0 Å². The van der Waals surface area contributed by atoms with Crippen molar-refractivity contribution in [2.75, 3.05) is 13.1 Å². The minimum Gasteiger partial charge on any atom is -0.313 e. The Labute approximate surface area is 103 Å². The highest BCUT2D eigenvalue weighted by Gasteiger charge is 2.51. The molecule has 1 N–H and O–H groups in total. The summed E-state index contributed by atoms with van der Waals surface area (Å²) in [7, 11) is 0. The van der Waals surface area contributed by atoms with Crippen molar-refractivity contribution >= 4 is 11.8 Å². The zero-order valence-electron chi connectivity index (χ0n) is 10.9. The van der Waals surface area contributed by atoms with E-state index in [1.807, 2.05) is 13.8 Å². The molecule has 1 saturated heterocycles. The molecule has 2 amide bonds. The molecule has 2 rings (SSSR count). The monoisotopic (exact) mass is 238 g/mol. The Kier molecular flexibility index (Phi) is 3.52. The van der Waals surface area contributed by atoms with Crippen molar-refractivity contribution in [3.05, 3.63) is 0 Å². The summed E-state index contributed by atoms with van der Waals surface area (Å²) in [5, 5.41) is 3.24. The van der Waals surface area contributed by atoms with E-state index < -0.39 is 0 Å². The molecule has 4 heteroatoms. The molecular weight excluding hydrogens is 216 g/mol. The lowest BCUT2D eigenvalue weighted by molar-refractivity contribution is -0.140. The van der Waals surface area contributed by atoms with Crippen LogP contribution < -0.4 is 5.32 Å². The van der Waals surface area contributed by atoms with Crippen LogP contribution in [-0.2, 0) is 9.59 Å². The summed E-state index contributed by atoms with van der Waals surface area (Å²) in [6.07, 6.45) is 1.78. The van der Waals surface area contributed by atoms with Gasteiger partial charge in [0.25, 0.3) is 0 Å². The van der Waals surface area contributed by atoms with E-state index in [9.17, 15) is 9.59 Å². The van der Waals surface area contributed by atoms with Gasteiger partial charge in [0.15, 0.2) is 0 Å². The van der Waals surface area contributed by atoms with Crippen molar-refractivity contribution in [3.63, 3.8) is 0 Å². The van der Waals surface area contributed by atoms with Crippen molar-refractivity contribution in [1.82, 2.24) is 10.2 Å². The third-order valence-electron chi connectivity index (χ3n) is 3.97. The van der Waals surface area contributed by atoms with E-state index in [0.717, 1.165) is 19.4 Å². The van der Waals surface area contributed by atoms with Crippen LogP contribution in [0.1, 0.15) is 33.6 Å². The van der Waals surface area contributed by atoms with Gasteiger partial charge < -0.3 is 5.32 Å². The molecule has 2 aliphatic rings. The maximum absolute atomic E-state index is 12.2. The lowest BCUT2D eigenvalue weighted by Gasteiger charge is -2.21. The number of rotatable bonds is 4. The Hall–Kier alpha value is -0.900. The quantitative estimate of drug-likeness (QED) is 0.744. The number of amides is 2. The SMILES string of the molecule is CCNC(C)CN1C(=O)C2CC(C)CC2C1=O. The highest BCUT2D eigenvalue weighted by atomic mass is 16.2. The van der Waals surface area contributed by atoms with E-state index in [1.165, 1.54) is 4.90 Å². The van der Waals surface area contributed by atoms with Crippen LogP contribution in [0.25, 0.3) is 0 Å². The molecule has 1 heterocycles. The second kappa shape index (κ2) is 4.77. The van der Waals surface area contributed by atoms with Gasteiger partial charge in [0.1, 0.15) is 0 Å². The number of likely N-dealkylation sites (N-methyl/N-ethyl adjacent to an activating group) is 1. The summed E-state index contributed by atoms with van der Waals surface area (Å²) in [5.41, 5.74) is 0. The third-order valence-corrected chi connectivity index (χ3v) is 3.97. The van der Waals surface area contributed by atoms with Crippen LogP contribution in [0.15, 0.2) is 0 Å². The van der Waals surface area contributed by atoms with Crippen LogP contribution >= 0.6 is 0 Å². The van der Waals surface area contributed by atoms with E-state index in [0.29, 0.717) is 12.5 Å². The average molecular weight is 238 g/mol. The third kappa shape index (κ3) is 2.23. The van der Waals surface area contributed by atoms with Crippen molar-refractivity contribution in [2.45, 2.75) is 39.7 Å². The topological polar surface area (TPSA) is 49.4 Å². The number of nitrogens with zero attached hydrogens (tertiary/aromatic N) is 1. The van der Waals surface area contributed by atoms with Gasteiger partial charge >= 0.3 is 0 Å². The Bertz CT molecular complexity index is 305. The van der Waals surface area contributed by atoms with E-state index >= 15 is 0 Å². The average Bonchev–Trinajstić information content (AvgIpc) is 2.74. The predicted octanol–water partition coefficient (Wildman–Crippen LogP) is 1.02. The fraction of sp³-hybridized carbons (Fsp3) is 0.846. The van der Waals surface area contributed by atoms with E-state index in [-0.39, 0.29) is 29.7 Å². The van der Waals surface area contributed by atoms with Gasteiger partial charge in [-0.05, 0) is 32.2 Å². The maximum Gasteiger partial charge on any atom is 0.233 e. The van der Waals surface area contributed by atoms with E-state index in [2.05, 4.69) is 12.2 Å². The number of hydrogen-bond acceptors (Lipinski definition) is 3. The summed E-state index contributed by atoms with van der Waals surface area (Å²) in [6, 6.07) is 0.184. The Morgan fingerprint density at radius 1 is 1.29 bits per heavy atom. The molecule has 3 unspecified atom stereocenters. The Balaban J connectivity index is 2.02. The van der Waals surface area contributed by atoms with Gasteiger partial charge in [0, 0.05) is 12.6 Å². The predicted molar refractivity (Wildman–Crippen MR) is 65.2 cm³/mol. The first-order valence-electron chi connectivity index (χ1n) is 6.63. The smallest absolute Gasteiger partial charge is 0.233 e. The summed E-state index contributed by atoms with van der Waals surface area (Å²) >= 11 is 0. The molecular formula is C13H22N2O2. The minimum absolute atomic E-state index is 0.0219. The molecule has 0 aromatic carbocycles. The number of nitrogens with one attached hydrogen (secondary N) is 1. The van der Waals surface area contributed by atoms with Crippen LogP contribution in [-0.4, -0.2) is 35.8 Å². The molecule has 0 radical (unpaired) electrons. The number of likely N-dealkylation sites (tertiary alicyclic amines) is 1. The fourth-order valence-electron chi connectivity index (χ4n) is 3.21. The first-order chi connectivity index (χ1) is 8.04. The highest BCUT2D eigenvalue weighted by molar-refractivity contribution is 6.05. The molecule has 4 nitrogen and oxygen atoms in total. The molecule has 3 atom stereocenters. The van der Waals surface area contributed by atoms with E-state index in [1.54, 1.807) is 0 Å². The van der Waals surface area contributed by atoms with Crippen LogP contribution in [0.5, 0.6) is 0 Å². The molecule has 0 aromatic rings. The molecule has 1 aliphatic carbocycles. The van der Waals surface area contributed by atoms with Gasteiger partial charge in [-0.2, -0.15) is 0 Å². The van der Waals surface area contributed by atoms with Crippen LogP contribution in [0, 0.1) is 17.8 Å². The number of carbonyl (C=O) groups excluding carboxylic acids is 2. The molecule has 0 bridgehead atoms. The molecule has 1 saturated carbocycles. The lowest BCUT2D eigenvalue weighted by atomic mass is 10.00. The molecule has 0 spiro atoms. The van der Waals surface area contributed by atoms with Gasteiger partial charge in [0.05, 0.1) is 11.8 Å². The Morgan fingerprint density at radius 3 is 2.29 bits per heavy atom. The van der Waals surface area contributed by atoms with Crippen LogP contribution in [0.2, 0.25) is 0 Å². The summed E-state index contributed by atoms with van der Waals surface area (Å²) in [6.45, 7) is 7.56. The van der Waals surface area contributed by atoms with Crippen molar-refractivity contribution < 1.29 is 9.59 Å². The van der Waals surface area contributed by atoms with Crippen molar-refractivity contribution in [1.29, 1.82) is 0 Å². The first kappa shape index (κ1) is 12.6. The second-order valence-electron chi connectivity index (χ2n) is 5.54. The first-order valence-corrected chi connectivity index (χ1v) is 6.63. The number of fused-ring (bicyclic) bond motifs is 1. The summed E-state index contributed by atoms with van der Waals surface area (Å²) in [4.78, 5) is 25.8. The normalized spacial score (nSPS) is 34.3. The van der Waals surface area contributed by atoms with Crippen LogP contribution in [0.4, 0.5) is 0 Å². The zero-order valence-corrected chi connectivity index (χ0v) is 10.9. The van der Waals surface area contributed by atoms with Gasteiger partial charge in [-0.3, -0.25) is 14.5 Å². The van der Waals surface area contributed by atoms with Crippen molar-refractivity contribution in [3.8, 4) is 0 Å². The summed E-state index contributed by atoms with van der Waals surface area (Å²) in [5.74, 6) is 0.604. The molecule has 0 aromatic heterocycles. The highest BCUT2D eigenvalue weighted by Crippen LogP contribution is 2.42. The minimum atomic E-state index is -0.0219.